The van der Waals surface area contributed by atoms with Crippen molar-refractivity contribution in [1.82, 2.24) is 0 Å². The van der Waals surface area contributed by atoms with E-state index in [1.54, 1.807) is 11.8 Å². The number of thioether (sulfide) groups is 1. The minimum absolute atomic E-state index is 0. The first-order chi connectivity index (χ1) is 8.70. The fourth-order valence-electron chi connectivity index (χ4n) is 2.54. The predicted octanol–water partition coefficient (Wildman–Crippen LogP) is 3.29. The molecule has 19 heavy (non-hydrogen) atoms. The molecule has 3 N–H and O–H groups in total. The Morgan fingerprint density at radius 2 is 2.11 bits per heavy atom. The summed E-state index contributed by atoms with van der Waals surface area (Å²) in [7, 11) is 0. The monoisotopic (exact) mass is 300 g/mol. The molecular weight excluding hydrogens is 280 g/mol. The normalized spacial score (nSPS) is 16.7. The standard InChI is InChI=1S/C14H20N2OS.ClH/c1-18-12-6-4-5-11(9-12)16-13(17)14(10-15)7-2-3-8-14;/h4-6,9H,2-3,7-8,10,15H2,1H3,(H,16,17);1H. The van der Waals surface area contributed by atoms with Gasteiger partial charge in [0.15, 0.2) is 0 Å². The molecule has 1 aromatic carbocycles. The largest absolute Gasteiger partial charge is 0.329 e. The Bertz CT molecular complexity index is 433. The second-order valence-corrected chi connectivity index (χ2v) is 5.76. The number of benzene rings is 1. The van der Waals surface area contributed by atoms with E-state index in [4.69, 9.17) is 5.73 Å². The zero-order chi connectivity index (χ0) is 13.0. The van der Waals surface area contributed by atoms with E-state index < -0.39 is 0 Å². The van der Waals surface area contributed by atoms with Crippen molar-refractivity contribution >= 4 is 35.8 Å². The number of nitrogens with two attached hydrogens (primary N) is 1. The van der Waals surface area contributed by atoms with Crippen molar-refractivity contribution in [2.75, 3.05) is 18.1 Å². The molecule has 1 aliphatic carbocycles. The molecule has 1 aliphatic rings. The summed E-state index contributed by atoms with van der Waals surface area (Å²) >= 11 is 1.67. The van der Waals surface area contributed by atoms with E-state index in [2.05, 4.69) is 5.32 Å². The average molecular weight is 301 g/mol. The zero-order valence-corrected chi connectivity index (χ0v) is 12.8. The summed E-state index contributed by atoms with van der Waals surface area (Å²) in [6.07, 6.45) is 6.07. The number of nitrogens with one attached hydrogen (secondary N) is 1. The Morgan fingerprint density at radius 3 is 2.68 bits per heavy atom. The van der Waals surface area contributed by atoms with Gasteiger partial charge in [0.05, 0.1) is 5.41 Å². The minimum Gasteiger partial charge on any atom is -0.329 e. The van der Waals surface area contributed by atoms with Crippen LogP contribution in [0.25, 0.3) is 0 Å². The van der Waals surface area contributed by atoms with Crippen molar-refractivity contribution in [1.29, 1.82) is 0 Å². The zero-order valence-electron chi connectivity index (χ0n) is 11.1. The molecule has 0 heterocycles. The van der Waals surface area contributed by atoms with Crippen LogP contribution < -0.4 is 11.1 Å². The highest BCUT2D eigenvalue weighted by atomic mass is 35.5. The summed E-state index contributed by atoms with van der Waals surface area (Å²) in [5.41, 5.74) is 6.34. The molecule has 0 saturated heterocycles. The van der Waals surface area contributed by atoms with E-state index in [9.17, 15) is 4.79 Å². The Morgan fingerprint density at radius 1 is 1.42 bits per heavy atom. The van der Waals surface area contributed by atoms with Gasteiger partial charge in [0.25, 0.3) is 0 Å². The molecule has 2 rings (SSSR count). The minimum atomic E-state index is -0.338. The first-order valence-electron chi connectivity index (χ1n) is 6.36. The SMILES string of the molecule is CSc1cccc(NC(=O)C2(CN)CCCC2)c1.Cl. The second-order valence-electron chi connectivity index (χ2n) is 4.88. The van der Waals surface area contributed by atoms with E-state index in [1.807, 2.05) is 30.5 Å². The summed E-state index contributed by atoms with van der Waals surface area (Å²) in [4.78, 5) is 13.5. The number of hydrogen-bond acceptors (Lipinski definition) is 3. The molecule has 0 bridgehead atoms. The highest BCUT2D eigenvalue weighted by molar-refractivity contribution is 7.98. The smallest absolute Gasteiger partial charge is 0.231 e. The van der Waals surface area contributed by atoms with Crippen LogP contribution in [0, 0.1) is 5.41 Å². The van der Waals surface area contributed by atoms with Gasteiger partial charge in [0.1, 0.15) is 0 Å². The molecule has 0 atom stereocenters. The number of amides is 1. The maximum Gasteiger partial charge on any atom is 0.231 e. The number of carbonyl (C=O) groups excluding carboxylic acids is 1. The fourth-order valence-corrected chi connectivity index (χ4v) is 3.00. The molecule has 5 heteroatoms. The summed E-state index contributed by atoms with van der Waals surface area (Å²) in [5.74, 6) is 0.0840. The van der Waals surface area contributed by atoms with E-state index in [0.717, 1.165) is 36.3 Å². The number of hydrogen-bond donors (Lipinski definition) is 2. The van der Waals surface area contributed by atoms with Crippen molar-refractivity contribution in [2.24, 2.45) is 11.1 Å². The molecule has 0 aromatic heterocycles. The van der Waals surface area contributed by atoms with Gasteiger partial charge >= 0.3 is 0 Å². The topological polar surface area (TPSA) is 55.1 Å². The molecule has 1 aromatic rings. The molecule has 0 spiro atoms. The Kier molecular flexibility index (Phi) is 6.17. The Balaban J connectivity index is 0.00000180. The molecule has 1 fully saturated rings. The first-order valence-corrected chi connectivity index (χ1v) is 7.58. The quantitative estimate of drug-likeness (QED) is 0.839. The highest BCUT2D eigenvalue weighted by Gasteiger charge is 2.39. The third-order valence-electron chi connectivity index (χ3n) is 3.76. The van der Waals surface area contributed by atoms with E-state index in [0.29, 0.717) is 6.54 Å². The van der Waals surface area contributed by atoms with Crippen LogP contribution in [0.1, 0.15) is 25.7 Å². The Hall–Kier alpha value is -0.710. The van der Waals surface area contributed by atoms with Gasteiger partial charge in [0, 0.05) is 17.1 Å². The van der Waals surface area contributed by atoms with Gasteiger partial charge in [0.2, 0.25) is 5.91 Å². The predicted molar refractivity (Wildman–Crippen MR) is 84.1 cm³/mol. The van der Waals surface area contributed by atoms with Crippen molar-refractivity contribution in [3.8, 4) is 0 Å². The third kappa shape index (κ3) is 3.65. The lowest BCUT2D eigenvalue weighted by atomic mass is 9.85. The average Bonchev–Trinajstić information content (AvgIpc) is 2.89. The van der Waals surface area contributed by atoms with Crippen LogP contribution in [-0.4, -0.2) is 18.7 Å². The molecule has 1 saturated carbocycles. The maximum atomic E-state index is 12.4. The molecule has 3 nitrogen and oxygen atoms in total. The van der Waals surface area contributed by atoms with Crippen LogP contribution in [0.4, 0.5) is 5.69 Å². The lowest BCUT2D eigenvalue weighted by Crippen LogP contribution is -2.40. The number of anilines is 1. The molecule has 106 valence electrons. The van der Waals surface area contributed by atoms with Crippen molar-refractivity contribution in [3.05, 3.63) is 24.3 Å². The summed E-state index contributed by atoms with van der Waals surface area (Å²) in [5, 5.41) is 3.02. The Labute approximate surface area is 125 Å². The molecule has 0 unspecified atom stereocenters. The number of carbonyl (C=O) groups is 1. The fraction of sp³-hybridized carbons (Fsp3) is 0.500. The van der Waals surface area contributed by atoms with Crippen LogP contribution >= 0.6 is 24.2 Å². The second kappa shape index (κ2) is 7.17. The van der Waals surface area contributed by atoms with Gasteiger partial charge in [-0.15, -0.1) is 24.2 Å². The number of halogens is 1. The molecule has 0 radical (unpaired) electrons. The lowest BCUT2D eigenvalue weighted by Gasteiger charge is -2.25. The molecule has 0 aliphatic heterocycles. The summed E-state index contributed by atoms with van der Waals surface area (Å²) in [6.45, 7) is 0.445. The van der Waals surface area contributed by atoms with E-state index >= 15 is 0 Å². The lowest BCUT2D eigenvalue weighted by molar-refractivity contribution is -0.124. The molecular formula is C14H21ClN2OS. The van der Waals surface area contributed by atoms with E-state index in [-0.39, 0.29) is 23.7 Å². The van der Waals surface area contributed by atoms with Gasteiger partial charge in [-0.05, 0) is 37.3 Å². The molecule has 1 amide bonds. The van der Waals surface area contributed by atoms with Gasteiger partial charge in [-0.25, -0.2) is 0 Å². The van der Waals surface area contributed by atoms with E-state index in [1.165, 1.54) is 0 Å². The van der Waals surface area contributed by atoms with Crippen LogP contribution in [-0.2, 0) is 4.79 Å². The van der Waals surface area contributed by atoms with Gasteiger partial charge in [-0.3, -0.25) is 4.79 Å². The van der Waals surface area contributed by atoms with Crippen LogP contribution in [0.2, 0.25) is 0 Å². The van der Waals surface area contributed by atoms with Gasteiger partial charge < -0.3 is 11.1 Å². The van der Waals surface area contributed by atoms with Crippen molar-refractivity contribution in [3.63, 3.8) is 0 Å². The van der Waals surface area contributed by atoms with Crippen LogP contribution in [0.5, 0.6) is 0 Å². The van der Waals surface area contributed by atoms with Crippen molar-refractivity contribution in [2.45, 2.75) is 30.6 Å². The summed E-state index contributed by atoms with van der Waals surface area (Å²) in [6, 6.07) is 7.93. The summed E-state index contributed by atoms with van der Waals surface area (Å²) < 4.78 is 0. The van der Waals surface area contributed by atoms with Gasteiger partial charge in [-0.1, -0.05) is 18.9 Å². The van der Waals surface area contributed by atoms with Crippen molar-refractivity contribution < 1.29 is 4.79 Å². The van der Waals surface area contributed by atoms with Crippen LogP contribution in [0.15, 0.2) is 29.2 Å². The van der Waals surface area contributed by atoms with Crippen LogP contribution in [0.3, 0.4) is 0 Å². The number of rotatable bonds is 4. The first kappa shape index (κ1) is 16.3. The maximum absolute atomic E-state index is 12.4. The van der Waals surface area contributed by atoms with Gasteiger partial charge in [-0.2, -0.15) is 0 Å². The highest BCUT2D eigenvalue weighted by Crippen LogP contribution is 2.38. The third-order valence-corrected chi connectivity index (χ3v) is 4.49.